The summed E-state index contributed by atoms with van der Waals surface area (Å²) in [6.07, 6.45) is 2.22. The molecule has 0 saturated heterocycles. The number of aryl methyl sites for hydroxylation is 1. The molecule has 0 unspecified atom stereocenters. The van der Waals surface area contributed by atoms with E-state index in [9.17, 15) is 10.1 Å². The monoisotopic (exact) mass is 236 g/mol. The van der Waals surface area contributed by atoms with Gasteiger partial charge in [0.2, 0.25) is 0 Å². The van der Waals surface area contributed by atoms with Crippen LogP contribution in [-0.2, 0) is 0 Å². The van der Waals surface area contributed by atoms with Gasteiger partial charge in [-0.2, -0.15) is 0 Å². The van der Waals surface area contributed by atoms with Crippen LogP contribution in [0.1, 0.15) is 18.4 Å². The lowest BCUT2D eigenvalue weighted by Crippen LogP contribution is -2.45. The molecule has 92 valence electrons. The molecular formula is C12H16N2O3. The molecule has 1 aromatic carbocycles. The van der Waals surface area contributed by atoms with Crippen LogP contribution in [0.15, 0.2) is 18.2 Å². The number of benzene rings is 1. The number of hydrogen-bond donors (Lipinski definition) is 1. The van der Waals surface area contributed by atoms with Crippen molar-refractivity contribution in [1.82, 2.24) is 5.32 Å². The fourth-order valence-corrected chi connectivity index (χ4v) is 2.00. The van der Waals surface area contributed by atoms with Gasteiger partial charge >= 0.3 is 0 Å². The Hall–Kier alpha value is -1.62. The highest BCUT2D eigenvalue weighted by Gasteiger charge is 2.29. The quantitative estimate of drug-likeness (QED) is 0.641. The minimum atomic E-state index is -0.376. The Labute approximate surface area is 99.9 Å². The number of ether oxygens (including phenoxy) is 1. The molecule has 0 heterocycles. The Kier molecular flexibility index (Phi) is 3.28. The van der Waals surface area contributed by atoms with Crippen molar-refractivity contribution in [1.29, 1.82) is 0 Å². The standard InChI is InChI=1S/C12H16N2O3/c1-8-5-10(3-4-12(8)14(15)16)17-11-6-9(7-11)13-2/h3-5,9,11,13H,6-7H2,1-2H3. The van der Waals surface area contributed by atoms with E-state index in [-0.39, 0.29) is 16.7 Å². The molecule has 0 atom stereocenters. The Morgan fingerprint density at radius 3 is 2.71 bits per heavy atom. The number of nitrogens with one attached hydrogen (secondary N) is 1. The predicted octanol–water partition coefficient (Wildman–Crippen LogP) is 2.03. The van der Waals surface area contributed by atoms with Crippen LogP contribution in [0, 0.1) is 17.0 Å². The van der Waals surface area contributed by atoms with Crippen LogP contribution in [0.25, 0.3) is 0 Å². The molecule has 0 bridgehead atoms. The fourth-order valence-electron chi connectivity index (χ4n) is 2.00. The summed E-state index contributed by atoms with van der Waals surface area (Å²) in [7, 11) is 1.94. The van der Waals surface area contributed by atoms with Crippen molar-refractivity contribution in [2.24, 2.45) is 0 Å². The average Bonchev–Trinajstić information content (AvgIpc) is 2.22. The molecule has 0 radical (unpaired) electrons. The molecule has 1 aromatic rings. The second kappa shape index (κ2) is 4.71. The zero-order chi connectivity index (χ0) is 12.4. The van der Waals surface area contributed by atoms with Gasteiger partial charge in [-0.15, -0.1) is 0 Å². The first kappa shape index (κ1) is 11.9. The van der Waals surface area contributed by atoms with Crippen LogP contribution in [-0.4, -0.2) is 24.1 Å². The van der Waals surface area contributed by atoms with Gasteiger partial charge in [-0.1, -0.05) is 0 Å². The molecular weight excluding hydrogens is 220 g/mol. The zero-order valence-corrected chi connectivity index (χ0v) is 9.97. The molecule has 1 N–H and O–H groups in total. The summed E-state index contributed by atoms with van der Waals surface area (Å²) >= 11 is 0. The van der Waals surface area contributed by atoms with E-state index in [4.69, 9.17) is 4.74 Å². The molecule has 5 heteroatoms. The third-order valence-electron chi connectivity index (χ3n) is 3.17. The first-order chi connectivity index (χ1) is 8.10. The summed E-state index contributed by atoms with van der Waals surface area (Å²) in [5, 5.41) is 13.8. The van der Waals surface area contributed by atoms with Crippen LogP contribution in [0.5, 0.6) is 5.75 Å². The first-order valence-corrected chi connectivity index (χ1v) is 5.69. The summed E-state index contributed by atoms with van der Waals surface area (Å²) in [5.41, 5.74) is 0.774. The van der Waals surface area contributed by atoms with Gasteiger partial charge in [-0.3, -0.25) is 10.1 Å². The Balaban J connectivity index is 1.99. The maximum absolute atomic E-state index is 10.7. The lowest BCUT2D eigenvalue weighted by Gasteiger charge is -2.35. The van der Waals surface area contributed by atoms with E-state index in [1.807, 2.05) is 7.05 Å². The predicted molar refractivity (Wildman–Crippen MR) is 64.3 cm³/mol. The Bertz CT molecular complexity index is 428. The molecule has 0 amide bonds. The highest BCUT2D eigenvalue weighted by molar-refractivity contribution is 5.44. The summed E-state index contributed by atoms with van der Waals surface area (Å²) < 4.78 is 5.74. The Morgan fingerprint density at radius 1 is 1.47 bits per heavy atom. The van der Waals surface area contributed by atoms with Crippen molar-refractivity contribution in [3.8, 4) is 5.75 Å². The van der Waals surface area contributed by atoms with E-state index in [1.165, 1.54) is 6.07 Å². The molecule has 0 aromatic heterocycles. The SMILES string of the molecule is CNC1CC(Oc2ccc([N+](=O)[O-])c(C)c2)C1. The molecule has 1 saturated carbocycles. The van der Waals surface area contributed by atoms with Gasteiger partial charge in [-0.25, -0.2) is 0 Å². The molecule has 5 nitrogen and oxygen atoms in total. The van der Waals surface area contributed by atoms with Crippen LogP contribution in [0.3, 0.4) is 0 Å². The second-order valence-corrected chi connectivity index (χ2v) is 4.40. The van der Waals surface area contributed by atoms with Crippen molar-refractivity contribution in [2.45, 2.75) is 31.9 Å². The second-order valence-electron chi connectivity index (χ2n) is 4.40. The number of nitrogens with zero attached hydrogens (tertiary/aromatic N) is 1. The van der Waals surface area contributed by atoms with Crippen molar-refractivity contribution >= 4 is 5.69 Å². The topological polar surface area (TPSA) is 64.4 Å². The van der Waals surface area contributed by atoms with E-state index >= 15 is 0 Å². The third-order valence-corrected chi connectivity index (χ3v) is 3.17. The minimum Gasteiger partial charge on any atom is -0.490 e. The number of nitro benzene ring substituents is 1. The zero-order valence-electron chi connectivity index (χ0n) is 9.97. The molecule has 2 rings (SSSR count). The van der Waals surface area contributed by atoms with Gasteiger partial charge in [-0.05, 0) is 38.9 Å². The number of rotatable bonds is 4. The van der Waals surface area contributed by atoms with Crippen molar-refractivity contribution in [3.63, 3.8) is 0 Å². The van der Waals surface area contributed by atoms with E-state index in [2.05, 4.69) is 5.32 Å². The van der Waals surface area contributed by atoms with Gasteiger partial charge in [0.25, 0.3) is 5.69 Å². The van der Waals surface area contributed by atoms with Crippen LogP contribution >= 0.6 is 0 Å². The number of hydrogen-bond acceptors (Lipinski definition) is 4. The van der Waals surface area contributed by atoms with Crippen molar-refractivity contribution in [3.05, 3.63) is 33.9 Å². The molecule has 17 heavy (non-hydrogen) atoms. The number of nitro groups is 1. The van der Waals surface area contributed by atoms with Gasteiger partial charge in [0.15, 0.2) is 0 Å². The largest absolute Gasteiger partial charge is 0.490 e. The van der Waals surface area contributed by atoms with E-state index in [1.54, 1.807) is 19.1 Å². The van der Waals surface area contributed by atoms with Gasteiger partial charge < -0.3 is 10.1 Å². The molecule has 0 aliphatic heterocycles. The average molecular weight is 236 g/mol. The van der Waals surface area contributed by atoms with Crippen molar-refractivity contribution in [2.75, 3.05) is 7.05 Å². The highest BCUT2D eigenvalue weighted by atomic mass is 16.6. The van der Waals surface area contributed by atoms with Gasteiger partial charge in [0.05, 0.1) is 4.92 Å². The van der Waals surface area contributed by atoms with Crippen LogP contribution in [0.2, 0.25) is 0 Å². The third kappa shape index (κ3) is 2.55. The summed E-state index contributed by atoms with van der Waals surface area (Å²) in [6, 6.07) is 5.43. The summed E-state index contributed by atoms with van der Waals surface area (Å²) in [4.78, 5) is 10.3. The van der Waals surface area contributed by atoms with E-state index in [0.717, 1.165) is 12.8 Å². The summed E-state index contributed by atoms with van der Waals surface area (Å²) in [6.45, 7) is 1.72. The molecule has 1 aliphatic rings. The maximum atomic E-state index is 10.7. The van der Waals surface area contributed by atoms with Crippen molar-refractivity contribution < 1.29 is 9.66 Å². The van der Waals surface area contributed by atoms with E-state index in [0.29, 0.717) is 17.4 Å². The molecule has 1 fully saturated rings. The molecule has 0 spiro atoms. The first-order valence-electron chi connectivity index (χ1n) is 5.69. The van der Waals surface area contributed by atoms with Crippen LogP contribution < -0.4 is 10.1 Å². The maximum Gasteiger partial charge on any atom is 0.272 e. The van der Waals surface area contributed by atoms with E-state index < -0.39 is 0 Å². The summed E-state index contributed by atoms with van der Waals surface area (Å²) in [5.74, 6) is 0.715. The minimum absolute atomic E-state index is 0.138. The van der Waals surface area contributed by atoms with Gasteiger partial charge in [0.1, 0.15) is 11.9 Å². The lowest BCUT2D eigenvalue weighted by molar-refractivity contribution is -0.385. The van der Waals surface area contributed by atoms with Crippen LogP contribution in [0.4, 0.5) is 5.69 Å². The highest BCUT2D eigenvalue weighted by Crippen LogP contribution is 2.28. The fraction of sp³-hybridized carbons (Fsp3) is 0.500. The normalized spacial score (nSPS) is 22.9. The molecule has 1 aliphatic carbocycles. The smallest absolute Gasteiger partial charge is 0.272 e. The lowest BCUT2D eigenvalue weighted by atomic mass is 9.89. The Morgan fingerprint density at radius 2 is 2.18 bits per heavy atom. The van der Waals surface area contributed by atoms with Gasteiger partial charge in [0, 0.05) is 17.7 Å².